The van der Waals surface area contributed by atoms with Crippen molar-refractivity contribution in [3.8, 4) is 11.5 Å². The molecule has 3 atom stereocenters. The number of benzene rings is 2. The molecule has 0 aliphatic rings. The molecular formula is C19H21NO6. The molecule has 0 spiro atoms. The number of esters is 1. The van der Waals surface area contributed by atoms with E-state index in [1.807, 2.05) is 0 Å². The van der Waals surface area contributed by atoms with Crippen molar-refractivity contribution < 1.29 is 29.6 Å². The second-order valence-electron chi connectivity index (χ2n) is 6.08. The Hall–Kier alpha value is -3.06. The SMILES string of the molecule is CC(COC(=O)c1ccccc1)C(c1ccc(O)c(O)c1)[C@H](N)C(=O)O. The number of carboxylic acids is 1. The summed E-state index contributed by atoms with van der Waals surface area (Å²) < 4.78 is 5.28. The Morgan fingerprint density at radius 2 is 1.73 bits per heavy atom. The summed E-state index contributed by atoms with van der Waals surface area (Å²) in [5.74, 6) is -3.61. The first-order valence-electron chi connectivity index (χ1n) is 8.03. The summed E-state index contributed by atoms with van der Waals surface area (Å²) in [6, 6.07) is 11.2. The fourth-order valence-corrected chi connectivity index (χ4v) is 2.76. The van der Waals surface area contributed by atoms with Crippen molar-refractivity contribution in [1.29, 1.82) is 0 Å². The molecule has 0 amide bonds. The molecule has 0 fully saturated rings. The molecule has 2 aromatic carbocycles. The number of phenols is 2. The number of ether oxygens (including phenoxy) is 1. The Balaban J connectivity index is 2.17. The number of carbonyl (C=O) groups is 2. The van der Waals surface area contributed by atoms with Crippen molar-refractivity contribution in [1.82, 2.24) is 0 Å². The van der Waals surface area contributed by atoms with Crippen molar-refractivity contribution in [2.75, 3.05) is 6.61 Å². The Morgan fingerprint density at radius 3 is 2.31 bits per heavy atom. The molecule has 7 heteroatoms. The number of carboxylic acid groups (broad SMARTS) is 1. The van der Waals surface area contributed by atoms with Crippen LogP contribution < -0.4 is 5.73 Å². The lowest BCUT2D eigenvalue weighted by Crippen LogP contribution is -2.40. The topological polar surface area (TPSA) is 130 Å². The molecule has 7 nitrogen and oxygen atoms in total. The number of nitrogens with two attached hydrogens (primary N) is 1. The van der Waals surface area contributed by atoms with Gasteiger partial charge in [0.2, 0.25) is 0 Å². The molecule has 0 aromatic heterocycles. The summed E-state index contributed by atoms with van der Waals surface area (Å²) in [4.78, 5) is 23.5. The van der Waals surface area contributed by atoms with Gasteiger partial charge in [0.05, 0.1) is 12.2 Å². The highest BCUT2D eigenvalue weighted by Crippen LogP contribution is 2.34. The predicted molar refractivity (Wildman–Crippen MR) is 94.0 cm³/mol. The van der Waals surface area contributed by atoms with Gasteiger partial charge in [0.15, 0.2) is 11.5 Å². The number of aromatic hydroxyl groups is 2. The summed E-state index contributed by atoms with van der Waals surface area (Å²) in [5.41, 5.74) is 6.63. The van der Waals surface area contributed by atoms with Crippen LogP contribution >= 0.6 is 0 Å². The third-order valence-corrected chi connectivity index (χ3v) is 4.16. The smallest absolute Gasteiger partial charge is 0.338 e. The van der Waals surface area contributed by atoms with Gasteiger partial charge >= 0.3 is 11.9 Å². The van der Waals surface area contributed by atoms with Crippen LogP contribution in [0.1, 0.15) is 28.8 Å². The lowest BCUT2D eigenvalue weighted by atomic mass is 9.82. The Labute approximate surface area is 150 Å². The number of carbonyl (C=O) groups excluding carboxylic acids is 1. The largest absolute Gasteiger partial charge is 0.504 e. The van der Waals surface area contributed by atoms with E-state index >= 15 is 0 Å². The second kappa shape index (κ2) is 8.35. The molecule has 0 aliphatic heterocycles. The van der Waals surface area contributed by atoms with Crippen LogP contribution in [-0.2, 0) is 9.53 Å². The Kier molecular flexibility index (Phi) is 6.19. The number of aliphatic carboxylic acids is 1. The molecule has 2 unspecified atom stereocenters. The highest BCUT2D eigenvalue weighted by Gasteiger charge is 2.32. The fourth-order valence-electron chi connectivity index (χ4n) is 2.76. The Morgan fingerprint density at radius 1 is 1.08 bits per heavy atom. The minimum absolute atomic E-state index is 0.0546. The van der Waals surface area contributed by atoms with Crippen molar-refractivity contribution in [2.24, 2.45) is 11.7 Å². The van der Waals surface area contributed by atoms with Gasteiger partial charge in [-0.15, -0.1) is 0 Å². The summed E-state index contributed by atoms with van der Waals surface area (Å²) in [6.07, 6.45) is 0. The van der Waals surface area contributed by atoms with Gasteiger partial charge in [0, 0.05) is 5.92 Å². The second-order valence-corrected chi connectivity index (χ2v) is 6.08. The summed E-state index contributed by atoms with van der Waals surface area (Å²) in [6.45, 7) is 1.65. The first-order chi connectivity index (χ1) is 12.3. The van der Waals surface area contributed by atoms with Gasteiger partial charge in [0.25, 0.3) is 0 Å². The van der Waals surface area contributed by atoms with E-state index in [1.165, 1.54) is 18.2 Å². The molecule has 138 valence electrons. The summed E-state index contributed by atoms with van der Waals surface area (Å²) in [5, 5.41) is 28.4. The third-order valence-electron chi connectivity index (χ3n) is 4.16. The normalized spacial score (nSPS) is 14.2. The standard InChI is InChI=1S/C19H21NO6/c1-11(10-26-19(25)12-5-3-2-4-6-12)16(17(20)18(23)24)13-7-8-14(21)15(22)9-13/h2-9,11,16-17,21-22H,10,20H2,1H3,(H,23,24)/t11?,16?,17-/m0/s1. The van der Waals surface area contributed by atoms with Gasteiger partial charge in [-0.25, -0.2) is 4.79 Å². The van der Waals surface area contributed by atoms with E-state index < -0.39 is 29.8 Å². The quantitative estimate of drug-likeness (QED) is 0.440. The highest BCUT2D eigenvalue weighted by molar-refractivity contribution is 5.89. The van der Waals surface area contributed by atoms with Crippen LogP contribution in [0.5, 0.6) is 11.5 Å². The lowest BCUT2D eigenvalue weighted by Gasteiger charge is -2.27. The van der Waals surface area contributed by atoms with E-state index in [4.69, 9.17) is 10.5 Å². The van der Waals surface area contributed by atoms with Gasteiger partial charge in [0.1, 0.15) is 6.04 Å². The monoisotopic (exact) mass is 359 g/mol. The van der Waals surface area contributed by atoms with E-state index in [2.05, 4.69) is 0 Å². The first-order valence-corrected chi connectivity index (χ1v) is 8.03. The van der Waals surface area contributed by atoms with E-state index in [0.717, 1.165) is 0 Å². The maximum atomic E-state index is 12.1. The zero-order valence-corrected chi connectivity index (χ0v) is 14.2. The van der Waals surface area contributed by atoms with E-state index in [-0.39, 0.29) is 18.1 Å². The van der Waals surface area contributed by atoms with Gasteiger partial charge in [-0.3, -0.25) is 4.79 Å². The highest BCUT2D eigenvalue weighted by atomic mass is 16.5. The van der Waals surface area contributed by atoms with Crippen molar-refractivity contribution in [3.63, 3.8) is 0 Å². The third kappa shape index (κ3) is 4.52. The van der Waals surface area contributed by atoms with Crippen LogP contribution in [0.15, 0.2) is 48.5 Å². The van der Waals surface area contributed by atoms with Gasteiger partial charge < -0.3 is 25.8 Å². The zero-order chi connectivity index (χ0) is 19.3. The van der Waals surface area contributed by atoms with Crippen LogP contribution in [0, 0.1) is 5.92 Å². The van der Waals surface area contributed by atoms with Gasteiger partial charge in [-0.2, -0.15) is 0 Å². The minimum atomic E-state index is -1.27. The predicted octanol–water partition coefficient (Wildman–Crippen LogP) is 2.09. The zero-order valence-electron chi connectivity index (χ0n) is 14.2. The van der Waals surface area contributed by atoms with Crippen LogP contribution in [-0.4, -0.2) is 39.9 Å². The van der Waals surface area contributed by atoms with Crippen molar-refractivity contribution >= 4 is 11.9 Å². The van der Waals surface area contributed by atoms with Gasteiger partial charge in [-0.1, -0.05) is 31.2 Å². The van der Waals surface area contributed by atoms with Gasteiger partial charge in [-0.05, 0) is 35.7 Å². The van der Waals surface area contributed by atoms with Crippen LogP contribution in [0.3, 0.4) is 0 Å². The molecule has 0 saturated heterocycles. The maximum absolute atomic E-state index is 12.1. The average molecular weight is 359 g/mol. The van der Waals surface area contributed by atoms with Crippen molar-refractivity contribution in [3.05, 3.63) is 59.7 Å². The fraction of sp³-hybridized carbons (Fsp3) is 0.263. The molecule has 2 aromatic rings. The summed E-state index contributed by atoms with van der Waals surface area (Å²) >= 11 is 0. The van der Waals surface area contributed by atoms with Crippen LogP contribution in [0.4, 0.5) is 0 Å². The number of phenolic OH excluding ortho intramolecular Hbond substituents is 2. The number of hydrogen-bond donors (Lipinski definition) is 4. The first kappa shape index (κ1) is 19.3. The molecule has 0 saturated carbocycles. The molecular weight excluding hydrogens is 338 g/mol. The van der Waals surface area contributed by atoms with E-state index in [1.54, 1.807) is 37.3 Å². The Bertz CT molecular complexity index is 777. The molecule has 26 heavy (non-hydrogen) atoms. The maximum Gasteiger partial charge on any atom is 0.338 e. The van der Waals surface area contributed by atoms with E-state index in [9.17, 15) is 24.9 Å². The van der Waals surface area contributed by atoms with Crippen LogP contribution in [0.2, 0.25) is 0 Å². The number of rotatable bonds is 7. The molecule has 0 heterocycles. The minimum Gasteiger partial charge on any atom is -0.504 e. The van der Waals surface area contributed by atoms with Crippen molar-refractivity contribution in [2.45, 2.75) is 18.9 Å². The molecule has 5 N–H and O–H groups in total. The molecule has 0 aliphatic carbocycles. The summed E-state index contributed by atoms with van der Waals surface area (Å²) in [7, 11) is 0. The lowest BCUT2D eigenvalue weighted by molar-refractivity contribution is -0.139. The molecule has 0 bridgehead atoms. The molecule has 0 radical (unpaired) electrons. The molecule has 2 rings (SSSR count). The average Bonchev–Trinajstić information content (AvgIpc) is 2.63. The number of hydrogen-bond acceptors (Lipinski definition) is 6. The van der Waals surface area contributed by atoms with Crippen LogP contribution in [0.25, 0.3) is 0 Å². The van der Waals surface area contributed by atoms with E-state index in [0.29, 0.717) is 11.1 Å².